The molecule has 70 heavy (non-hydrogen) atoms. The third kappa shape index (κ3) is 7.98. The molecule has 0 bridgehead atoms. The number of aromatic nitrogens is 16. The lowest BCUT2D eigenvalue weighted by Gasteiger charge is -2.09. The van der Waals surface area contributed by atoms with E-state index in [0.29, 0.717) is 29.1 Å². The van der Waals surface area contributed by atoms with Crippen LogP contribution in [0.3, 0.4) is 0 Å². The van der Waals surface area contributed by atoms with Crippen LogP contribution >= 0.6 is 34.8 Å². The topological polar surface area (TPSA) is 185 Å². The van der Waals surface area contributed by atoms with Gasteiger partial charge in [0, 0.05) is 80.3 Å². The van der Waals surface area contributed by atoms with Gasteiger partial charge in [-0.05, 0) is 120 Å². The fraction of sp³-hybridized carbons (Fsp3) is 0.0588. The van der Waals surface area contributed by atoms with Crippen LogP contribution in [0.2, 0.25) is 15.9 Å². The van der Waals surface area contributed by atoms with Crippen molar-refractivity contribution in [1.82, 2.24) is 78.5 Å². The van der Waals surface area contributed by atoms with Gasteiger partial charge >= 0.3 is 0 Å². The number of pyridine rings is 6. The summed E-state index contributed by atoms with van der Waals surface area (Å²) in [5, 5.41) is 8.47. The maximum Gasteiger partial charge on any atom is 0.243 e. The molecule has 0 saturated heterocycles. The first kappa shape index (κ1) is 46.5. The van der Waals surface area contributed by atoms with Gasteiger partial charge < -0.3 is 4.98 Å². The zero-order chi connectivity index (χ0) is 45.0. The minimum atomic E-state index is 0. The minimum absolute atomic E-state index is 0. The van der Waals surface area contributed by atoms with E-state index < -0.39 is 0 Å². The molecule has 0 atom stereocenters. The van der Waals surface area contributed by atoms with Crippen molar-refractivity contribution in [2.45, 2.75) is 22.3 Å². The molecule has 0 aliphatic heterocycles. The number of para-hydroxylation sites is 2. The third-order valence-corrected chi connectivity index (χ3v) is 11.6. The van der Waals surface area contributed by atoms with Crippen LogP contribution in [0.25, 0.3) is 106 Å². The molecular formula is C51H39Cl3N16. The molecule has 0 saturated carbocycles. The highest BCUT2D eigenvalue weighted by atomic mass is 35.5. The highest BCUT2D eigenvalue weighted by Gasteiger charge is 2.21. The van der Waals surface area contributed by atoms with Gasteiger partial charge in [0.25, 0.3) is 0 Å². The molecule has 19 heteroatoms. The van der Waals surface area contributed by atoms with Crippen LogP contribution in [-0.4, -0.2) is 78.5 Å². The van der Waals surface area contributed by atoms with E-state index in [4.69, 9.17) is 39.8 Å². The van der Waals surface area contributed by atoms with Crippen molar-refractivity contribution in [3.8, 4) is 17.8 Å². The number of nitrogens with one attached hydrogen (secondary N) is 1. The van der Waals surface area contributed by atoms with Gasteiger partial charge in [0.05, 0.1) is 11.0 Å². The van der Waals surface area contributed by atoms with Crippen molar-refractivity contribution in [2.75, 3.05) is 0 Å². The van der Waals surface area contributed by atoms with Crippen molar-refractivity contribution in [1.29, 1.82) is 0 Å². The van der Waals surface area contributed by atoms with Crippen LogP contribution in [0.5, 0.6) is 0 Å². The van der Waals surface area contributed by atoms with Gasteiger partial charge in [-0.1, -0.05) is 58.7 Å². The predicted octanol–water partition coefficient (Wildman–Crippen LogP) is 12.6. The average molecular weight is 982 g/mol. The molecule has 12 heterocycles. The van der Waals surface area contributed by atoms with Crippen LogP contribution in [0, 0.1) is 0 Å². The highest BCUT2D eigenvalue weighted by Crippen LogP contribution is 2.33. The van der Waals surface area contributed by atoms with Gasteiger partial charge in [0.15, 0.2) is 0 Å². The summed E-state index contributed by atoms with van der Waals surface area (Å²) >= 11 is 18.2. The highest BCUT2D eigenvalue weighted by molar-refractivity contribution is 6.31. The summed E-state index contributed by atoms with van der Waals surface area (Å²) in [7, 11) is 0. The monoisotopic (exact) mass is 980 g/mol. The molecule has 0 fully saturated rings. The molecule has 14 aromatic rings. The first-order chi connectivity index (χ1) is 33.0. The van der Waals surface area contributed by atoms with Crippen LogP contribution in [0.15, 0.2) is 159 Å². The standard InChI is InChI=1S/C24H13ClN8.C14H7Cl2N5.C10H7N3.3CH4/c25-22-29-23(32-18-10-2-1-6-14(18)15-7-3-11-26-19(15)32)31-24(30-22)33-20-16(8-4-12-27-20)17-9-5-13-28-21(17)33;15-12-18-13(16)20-14(19-12)21-10-6-2-1-4-8(10)9-5-3-7-17-11(9)21;1-3-7-8-4-2-6-12-10(8)13-9(7)11-5-1;;;/h1-13H;1-7H;1-6H,(H,11,12,13);3*1H4. The number of rotatable bonds is 3. The lowest BCUT2D eigenvalue weighted by Crippen LogP contribution is -2.10. The molecule has 0 aliphatic carbocycles. The van der Waals surface area contributed by atoms with Gasteiger partial charge in [-0.3, -0.25) is 9.13 Å². The summed E-state index contributed by atoms with van der Waals surface area (Å²) in [6.45, 7) is 0. The Labute approximate surface area is 413 Å². The van der Waals surface area contributed by atoms with E-state index in [-0.39, 0.29) is 38.1 Å². The number of fused-ring (bicyclic) bond motifs is 12. The fourth-order valence-electron chi connectivity index (χ4n) is 8.36. The second-order valence-electron chi connectivity index (χ2n) is 14.8. The molecule has 0 spiro atoms. The van der Waals surface area contributed by atoms with E-state index in [1.165, 1.54) is 0 Å². The number of hydrogen-bond acceptors (Lipinski definition) is 12. The maximum atomic E-state index is 6.44. The third-order valence-electron chi connectivity index (χ3n) is 11.1. The Morgan fingerprint density at radius 3 is 1.03 bits per heavy atom. The summed E-state index contributed by atoms with van der Waals surface area (Å²) < 4.78 is 5.53. The molecule has 0 aliphatic rings. The zero-order valence-electron chi connectivity index (χ0n) is 34.4. The molecule has 344 valence electrons. The predicted molar refractivity (Wildman–Crippen MR) is 280 cm³/mol. The van der Waals surface area contributed by atoms with E-state index in [1.807, 2.05) is 129 Å². The second-order valence-corrected chi connectivity index (χ2v) is 15.9. The summed E-state index contributed by atoms with van der Waals surface area (Å²) in [4.78, 5) is 55.6. The molecule has 2 aromatic carbocycles. The summed E-state index contributed by atoms with van der Waals surface area (Å²) in [6, 6.07) is 39.6. The van der Waals surface area contributed by atoms with E-state index in [2.05, 4.69) is 65.9 Å². The van der Waals surface area contributed by atoms with Gasteiger partial charge in [0.1, 0.15) is 33.9 Å². The van der Waals surface area contributed by atoms with E-state index in [0.717, 1.165) is 76.7 Å². The van der Waals surface area contributed by atoms with Gasteiger partial charge in [-0.25, -0.2) is 34.5 Å². The lowest BCUT2D eigenvalue weighted by atomic mass is 10.2. The Hall–Kier alpha value is -8.57. The summed E-state index contributed by atoms with van der Waals surface area (Å²) in [6.07, 6.45) is 10.5. The fourth-order valence-corrected chi connectivity index (χ4v) is 8.87. The van der Waals surface area contributed by atoms with Crippen molar-refractivity contribution in [2.24, 2.45) is 0 Å². The Kier molecular flexibility index (Phi) is 12.8. The first-order valence-electron chi connectivity index (χ1n) is 20.5. The Morgan fingerprint density at radius 2 is 0.600 bits per heavy atom. The number of hydrogen-bond donors (Lipinski definition) is 1. The molecular weight excluding hydrogens is 943 g/mol. The van der Waals surface area contributed by atoms with E-state index in [9.17, 15) is 0 Å². The average Bonchev–Trinajstić information content (AvgIpc) is 4.11. The minimum Gasteiger partial charge on any atom is -0.324 e. The van der Waals surface area contributed by atoms with E-state index >= 15 is 0 Å². The maximum absolute atomic E-state index is 6.44. The molecule has 0 amide bonds. The van der Waals surface area contributed by atoms with E-state index in [1.54, 1.807) is 37.2 Å². The normalized spacial score (nSPS) is 11.0. The van der Waals surface area contributed by atoms with Crippen molar-refractivity contribution < 1.29 is 0 Å². The number of nitrogens with zero attached hydrogens (tertiary/aromatic N) is 15. The van der Waals surface area contributed by atoms with Crippen LogP contribution in [0.1, 0.15) is 22.3 Å². The molecule has 0 radical (unpaired) electrons. The Balaban J connectivity index is 0.000000141. The van der Waals surface area contributed by atoms with Crippen molar-refractivity contribution in [3.63, 3.8) is 0 Å². The molecule has 1 N–H and O–H groups in total. The number of aromatic amines is 1. The smallest absolute Gasteiger partial charge is 0.243 e. The van der Waals surface area contributed by atoms with Crippen LogP contribution in [0.4, 0.5) is 0 Å². The first-order valence-corrected chi connectivity index (χ1v) is 21.7. The van der Waals surface area contributed by atoms with Gasteiger partial charge in [-0.15, -0.1) is 0 Å². The second kappa shape index (κ2) is 19.2. The SMILES string of the molecule is C.C.C.Clc1nc(-n2c3ccccc3c3cccnc32)nc(-n2c3ncccc3c3cccnc32)n1.Clc1nc(Cl)nc(-n2c3ccccc3c3cccnc32)n1.c1cnc2[nH]c3ncccc3c2c1. The molecule has 12 aromatic heterocycles. The number of halogens is 3. The largest absolute Gasteiger partial charge is 0.324 e. The van der Waals surface area contributed by atoms with Crippen molar-refractivity contribution >= 4 is 123 Å². The van der Waals surface area contributed by atoms with Crippen LogP contribution in [-0.2, 0) is 0 Å². The molecule has 0 unspecified atom stereocenters. The molecule has 16 nitrogen and oxygen atoms in total. The van der Waals surface area contributed by atoms with Crippen LogP contribution < -0.4 is 0 Å². The quantitative estimate of drug-likeness (QED) is 0.177. The van der Waals surface area contributed by atoms with Crippen molar-refractivity contribution in [3.05, 3.63) is 174 Å². The molecule has 14 rings (SSSR count). The zero-order valence-corrected chi connectivity index (χ0v) is 36.6. The lowest BCUT2D eigenvalue weighted by molar-refractivity contribution is 0.874. The van der Waals surface area contributed by atoms with Gasteiger partial charge in [-0.2, -0.15) is 29.9 Å². The van der Waals surface area contributed by atoms with Gasteiger partial charge in [0.2, 0.25) is 33.7 Å². The number of H-pyrrole nitrogens is 1. The Bertz CT molecular complexity index is 3840. The summed E-state index contributed by atoms with van der Waals surface area (Å²) in [5.74, 6) is 1.06. The number of benzene rings is 2. The Morgan fingerprint density at radius 1 is 0.300 bits per heavy atom. The summed E-state index contributed by atoms with van der Waals surface area (Å²) in [5.41, 5.74) is 6.54.